The van der Waals surface area contributed by atoms with Crippen molar-refractivity contribution in [1.29, 1.82) is 0 Å². The number of fused-ring (bicyclic) bond motifs is 1. The summed E-state index contributed by atoms with van der Waals surface area (Å²) in [5.74, 6) is 1.47. The molecule has 8 heteroatoms. The summed E-state index contributed by atoms with van der Waals surface area (Å²) in [6, 6.07) is 0. The van der Waals surface area contributed by atoms with E-state index in [-0.39, 0.29) is 17.5 Å². The molecule has 24 heavy (non-hydrogen) atoms. The van der Waals surface area contributed by atoms with Gasteiger partial charge in [0.2, 0.25) is 5.91 Å². The molecule has 1 atom stereocenters. The Morgan fingerprint density at radius 2 is 2.17 bits per heavy atom. The first-order chi connectivity index (χ1) is 11.5. The smallest absolute Gasteiger partial charge is 0.346 e. The number of hydrogen-bond acceptors (Lipinski definition) is 5. The zero-order valence-electron chi connectivity index (χ0n) is 14.3. The topological polar surface area (TPSA) is 95.0 Å². The Hall–Kier alpha value is -2.38. The Kier molecular flexibility index (Phi) is 4.55. The second kappa shape index (κ2) is 6.62. The third-order valence-electron chi connectivity index (χ3n) is 4.63. The third kappa shape index (κ3) is 3.00. The number of carbonyl (C=O) groups is 1. The fraction of sp³-hybridized carbons (Fsp3) is 0.625. The highest BCUT2D eigenvalue weighted by Crippen LogP contribution is 2.19. The largest absolute Gasteiger partial charge is 0.361 e. The maximum atomic E-state index is 12.6. The first kappa shape index (κ1) is 16.5. The van der Waals surface area contributed by atoms with Gasteiger partial charge < -0.3 is 9.84 Å². The van der Waals surface area contributed by atoms with Crippen LogP contribution in [0.5, 0.6) is 0 Å². The minimum absolute atomic E-state index is 0.0536. The number of hydrogen-bond donors (Lipinski definition) is 1. The van der Waals surface area contributed by atoms with Crippen LogP contribution in [0.4, 0.5) is 0 Å². The highest BCUT2D eigenvalue weighted by Gasteiger charge is 2.25. The molecule has 0 radical (unpaired) electrons. The van der Waals surface area contributed by atoms with Crippen LogP contribution < -0.4 is 11.0 Å². The first-order valence-electron chi connectivity index (χ1n) is 8.37. The Bertz CT molecular complexity index is 782. The molecule has 8 nitrogen and oxygen atoms in total. The van der Waals surface area contributed by atoms with E-state index in [0.717, 1.165) is 17.1 Å². The van der Waals surface area contributed by atoms with E-state index in [9.17, 15) is 9.59 Å². The zero-order chi connectivity index (χ0) is 17.3. The minimum atomic E-state index is -0.137. The molecule has 0 saturated heterocycles. The van der Waals surface area contributed by atoms with Crippen LogP contribution in [-0.4, -0.2) is 32.0 Å². The Balaban J connectivity index is 1.79. The lowest BCUT2D eigenvalue weighted by Crippen LogP contribution is -2.31. The summed E-state index contributed by atoms with van der Waals surface area (Å²) in [7, 11) is 0. The summed E-state index contributed by atoms with van der Waals surface area (Å²) >= 11 is 0. The molecule has 1 aliphatic rings. The number of aryl methyl sites for hydroxylation is 3. The average molecular weight is 333 g/mol. The summed E-state index contributed by atoms with van der Waals surface area (Å²) in [6.07, 6.45) is 2.01. The van der Waals surface area contributed by atoms with Crippen LogP contribution in [-0.2, 0) is 24.3 Å². The molecule has 1 aliphatic heterocycles. The van der Waals surface area contributed by atoms with Crippen LogP contribution in [0, 0.1) is 19.8 Å². The van der Waals surface area contributed by atoms with Gasteiger partial charge in [0, 0.05) is 31.0 Å². The molecule has 0 aromatic carbocycles. The van der Waals surface area contributed by atoms with Gasteiger partial charge in [0.1, 0.15) is 11.6 Å². The van der Waals surface area contributed by atoms with E-state index in [1.165, 1.54) is 4.68 Å². The molecule has 1 unspecified atom stereocenters. The summed E-state index contributed by atoms with van der Waals surface area (Å²) < 4.78 is 8.31. The van der Waals surface area contributed by atoms with Gasteiger partial charge in [-0.2, -0.15) is 5.10 Å². The molecule has 0 saturated carbocycles. The van der Waals surface area contributed by atoms with Gasteiger partial charge in [0.25, 0.3) is 0 Å². The molecule has 0 spiro atoms. The zero-order valence-corrected chi connectivity index (χ0v) is 14.3. The van der Waals surface area contributed by atoms with Crippen molar-refractivity contribution in [2.75, 3.05) is 6.54 Å². The highest BCUT2D eigenvalue weighted by molar-refractivity contribution is 5.78. The van der Waals surface area contributed by atoms with Gasteiger partial charge in [0.05, 0.1) is 12.2 Å². The SMILES string of the molecule is CCNC(=O)C1CCc2nn(Cc3c(C)noc3C)c(=O)n2CC1. The van der Waals surface area contributed by atoms with Gasteiger partial charge in [0.15, 0.2) is 0 Å². The Morgan fingerprint density at radius 3 is 2.83 bits per heavy atom. The standard InChI is InChI=1S/C16H23N5O3/c1-4-17-15(22)12-5-6-14-18-21(16(23)20(14)8-7-12)9-13-10(2)19-24-11(13)3/h12H,4-9H2,1-3H3,(H,17,22). The van der Waals surface area contributed by atoms with Gasteiger partial charge in [-0.05, 0) is 33.6 Å². The van der Waals surface area contributed by atoms with Crippen LogP contribution in [0.25, 0.3) is 0 Å². The number of nitrogens with one attached hydrogen (secondary N) is 1. The molecular weight excluding hydrogens is 310 g/mol. The number of rotatable bonds is 4. The van der Waals surface area contributed by atoms with E-state index >= 15 is 0 Å². The molecule has 3 rings (SSSR count). The van der Waals surface area contributed by atoms with Crippen molar-refractivity contribution in [2.45, 2.75) is 53.1 Å². The van der Waals surface area contributed by atoms with Crippen molar-refractivity contribution in [1.82, 2.24) is 24.8 Å². The van der Waals surface area contributed by atoms with Crippen LogP contribution >= 0.6 is 0 Å². The fourth-order valence-electron chi connectivity index (χ4n) is 3.19. The maximum absolute atomic E-state index is 12.6. The fourth-order valence-corrected chi connectivity index (χ4v) is 3.19. The summed E-state index contributed by atoms with van der Waals surface area (Å²) in [5, 5.41) is 11.3. The van der Waals surface area contributed by atoms with E-state index in [1.54, 1.807) is 4.57 Å². The van der Waals surface area contributed by atoms with Crippen LogP contribution in [0.15, 0.2) is 9.32 Å². The van der Waals surface area contributed by atoms with E-state index in [4.69, 9.17) is 4.52 Å². The number of carbonyl (C=O) groups excluding carboxylic acids is 1. The first-order valence-corrected chi connectivity index (χ1v) is 8.37. The van der Waals surface area contributed by atoms with Gasteiger partial charge in [-0.15, -0.1) is 0 Å². The predicted octanol–water partition coefficient (Wildman–Crippen LogP) is 0.787. The summed E-state index contributed by atoms with van der Waals surface area (Å²) in [5.41, 5.74) is 1.53. The predicted molar refractivity (Wildman–Crippen MR) is 86.7 cm³/mol. The maximum Gasteiger partial charge on any atom is 0.346 e. The van der Waals surface area contributed by atoms with Crippen molar-refractivity contribution >= 4 is 5.91 Å². The Labute approximate surface area is 139 Å². The van der Waals surface area contributed by atoms with Crippen molar-refractivity contribution in [3.05, 3.63) is 33.3 Å². The van der Waals surface area contributed by atoms with Crippen molar-refractivity contribution < 1.29 is 9.32 Å². The van der Waals surface area contributed by atoms with E-state index in [0.29, 0.717) is 44.7 Å². The van der Waals surface area contributed by atoms with Crippen molar-refractivity contribution in [2.24, 2.45) is 5.92 Å². The number of nitrogens with zero attached hydrogens (tertiary/aromatic N) is 4. The lowest BCUT2D eigenvalue weighted by Gasteiger charge is -2.12. The second-order valence-corrected chi connectivity index (χ2v) is 6.23. The van der Waals surface area contributed by atoms with Gasteiger partial charge in [-0.25, -0.2) is 9.48 Å². The van der Waals surface area contributed by atoms with E-state index < -0.39 is 0 Å². The van der Waals surface area contributed by atoms with Crippen LogP contribution in [0.1, 0.15) is 42.6 Å². The molecule has 0 bridgehead atoms. The molecule has 0 aliphatic carbocycles. The second-order valence-electron chi connectivity index (χ2n) is 6.23. The quantitative estimate of drug-likeness (QED) is 0.892. The molecule has 130 valence electrons. The van der Waals surface area contributed by atoms with Crippen molar-refractivity contribution in [3.8, 4) is 0 Å². The summed E-state index contributed by atoms with van der Waals surface area (Å²) in [4.78, 5) is 24.7. The molecule has 0 fully saturated rings. The lowest BCUT2D eigenvalue weighted by atomic mass is 9.99. The van der Waals surface area contributed by atoms with Crippen LogP contribution in [0.3, 0.4) is 0 Å². The number of aromatic nitrogens is 4. The molecule has 1 N–H and O–H groups in total. The van der Waals surface area contributed by atoms with E-state index in [2.05, 4.69) is 15.6 Å². The minimum Gasteiger partial charge on any atom is -0.361 e. The normalized spacial score (nSPS) is 17.4. The van der Waals surface area contributed by atoms with Gasteiger partial charge in [-0.3, -0.25) is 9.36 Å². The van der Waals surface area contributed by atoms with Gasteiger partial charge >= 0.3 is 5.69 Å². The van der Waals surface area contributed by atoms with Crippen molar-refractivity contribution in [3.63, 3.8) is 0 Å². The molecule has 1 amide bonds. The highest BCUT2D eigenvalue weighted by atomic mass is 16.5. The molecule has 2 aromatic heterocycles. The monoisotopic (exact) mass is 333 g/mol. The summed E-state index contributed by atoms with van der Waals surface area (Å²) in [6.45, 7) is 7.11. The Morgan fingerprint density at radius 1 is 1.38 bits per heavy atom. The molecular formula is C16H23N5O3. The number of amides is 1. The van der Waals surface area contributed by atoms with E-state index in [1.807, 2.05) is 20.8 Å². The third-order valence-corrected chi connectivity index (χ3v) is 4.63. The molecule has 2 aromatic rings. The van der Waals surface area contributed by atoms with Crippen LogP contribution in [0.2, 0.25) is 0 Å². The molecule has 3 heterocycles. The lowest BCUT2D eigenvalue weighted by molar-refractivity contribution is -0.125. The average Bonchev–Trinajstić information content (AvgIpc) is 2.92. The van der Waals surface area contributed by atoms with Gasteiger partial charge in [-0.1, -0.05) is 5.16 Å².